The van der Waals surface area contributed by atoms with Gasteiger partial charge in [0.05, 0.1) is 12.2 Å². The van der Waals surface area contributed by atoms with Gasteiger partial charge in [-0.15, -0.1) is 0 Å². The van der Waals surface area contributed by atoms with Gasteiger partial charge in [0.1, 0.15) is 0 Å². The van der Waals surface area contributed by atoms with Crippen molar-refractivity contribution in [2.24, 2.45) is 7.05 Å². The van der Waals surface area contributed by atoms with E-state index in [2.05, 4.69) is 25.9 Å². The Morgan fingerprint density at radius 1 is 1.62 bits per heavy atom. The van der Waals surface area contributed by atoms with E-state index in [1.54, 1.807) is 10.9 Å². The molecule has 1 atom stereocenters. The number of aryl methyl sites for hydroxylation is 1. The largest absolute Gasteiger partial charge is 0.349 e. The van der Waals surface area contributed by atoms with E-state index in [9.17, 15) is 4.79 Å². The molecule has 112 valence electrons. The predicted molar refractivity (Wildman–Crippen MR) is 73.5 cm³/mol. The van der Waals surface area contributed by atoms with Crippen molar-refractivity contribution in [3.05, 3.63) is 29.7 Å². The number of nitrogens with one attached hydrogen (secondary N) is 2. The topological polar surface area (TPSA) is 97.9 Å². The molecule has 0 aromatic carbocycles. The van der Waals surface area contributed by atoms with Gasteiger partial charge in [-0.05, 0) is 31.4 Å². The molecule has 0 aliphatic carbocycles. The molecule has 1 amide bonds. The number of amides is 1. The van der Waals surface area contributed by atoms with Crippen LogP contribution in [0.15, 0.2) is 16.9 Å². The maximum Gasteiger partial charge on any atom is 0.292 e. The third-order valence-corrected chi connectivity index (χ3v) is 3.46. The summed E-state index contributed by atoms with van der Waals surface area (Å²) in [5.74, 6) is 0.265. The second-order valence-corrected chi connectivity index (χ2v) is 5.13. The standard InChI is InChI=1S/C13H18N6O2/c1-19-8-9(7-16-19)4-6-15-12(20)11-17-13(21-18-11)10-3-2-5-14-10/h7-8,10,14H,2-6H2,1H3,(H,15,20). The smallest absolute Gasteiger partial charge is 0.292 e. The summed E-state index contributed by atoms with van der Waals surface area (Å²) in [5, 5.41) is 13.8. The number of carbonyl (C=O) groups excluding carboxylic acids is 1. The fourth-order valence-corrected chi connectivity index (χ4v) is 2.36. The van der Waals surface area contributed by atoms with Crippen LogP contribution in [0.2, 0.25) is 0 Å². The minimum absolute atomic E-state index is 0.0782. The van der Waals surface area contributed by atoms with Crippen LogP contribution < -0.4 is 10.6 Å². The molecule has 3 rings (SSSR count). The Kier molecular flexibility index (Phi) is 3.96. The summed E-state index contributed by atoms with van der Waals surface area (Å²) >= 11 is 0. The highest BCUT2D eigenvalue weighted by molar-refractivity contribution is 5.90. The highest BCUT2D eigenvalue weighted by Gasteiger charge is 2.24. The first-order valence-corrected chi connectivity index (χ1v) is 7.05. The number of carbonyl (C=O) groups is 1. The van der Waals surface area contributed by atoms with E-state index in [0.29, 0.717) is 18.9 Å². The maximum absolute atomic E-state index is 11.9. The summed E-state index contributed by atoms with van der Waals surface area (Å²) in [7, 11) is 1.86. The summed E-state index contributed by atoms with van der Waals surface area (Å²) < 4.78 is 6.87. The molecule has 2 aromatic rings. The van der Waals surface area contributed by atoms with E-state index in [1.807, 2.05) is 13.2 Å². The fraction of sp³-hybridized carbons (Fsp3) is 0.538. The first-order chi connectivity index (χ1) is 10.2. The Hall–Kier alpha value is -2.22. The van der Waals surface area contributed by atoms with Gasteiger partial charge in [-0.1, -0.05) is 5.16 Å². The second-order valence-electron chi connectivity index (χ2n) is 5.13. The van der Waals surface area contributed by atoms with Crippen LogP contribution in [0.4, 0.5) is 0 Å². The van der Waals surface area contributed by atoms with E-state index in [1.165, 1.54) is 0 Å². The van der Waals surface area contributed by atoms with Crippen LogP contribution in [0.5, 0.6) is 0 Å². The van der Waals surface area contributed by atoms with E-state index >= 15 is 0 Å². The molecular formula is C13H18N6O2. The van der Waals surface area contributed by atoms with Gasteiger partial charge in [0.25, 0.3) is 11.7 Å². The first-order valence-electron chi connectivity index (χ1n) is 7.05. The lowest BCUT2D eigenvalue weighted by Crippen LogP contribution is -2.26. The second kappa shape index (κ2) is 6.04. The van der Waals surface area contributed by atoms with Crippen molar-refractivity contribution >= 4 is 5.91 Å². The molecule has 2 N–H and O–H groups in total. The van der Waals surface area contributed by atoms with Gasteiger partial charge in [0.15, 0.2) is 0 Å². The molecule has 1 unspecified atom stereocenters. The summed E-state index contributed by atoms with van der Waals surface area (Å²) in [6, 6.07) is 0.0782. The van der Waals surface area contributed by atoms with Crippen LogP contribution in [0.1, 0.15) is 41.0 Å². The SMILES string of the molecule is Cn1cc(CCNC(=O)c2noc(C3CCCN3)n2)cn1. The highest BCUT2D eigenvalue weighted by Crippen LogP contribution is 2.20. The lowest BCUT2D eigenvalue weighted by atomic mass is 10.2. The number of hydrogen-bond donors (Lipinski definition) is 2. The third-order valence-electron chi connectivity index (χ3n) is 3.46. The summed E-state index contributed by atoms with van der Waals surface area (Å²) in [6.07, 6.45) is 6.47. The molecule has 3 heterocycles. The van der Waals surface area contributed by atoms with Crippen LogP contribution >= 0.6 is 0 Å². The average Bonchev–Trinajstić information content (AvgIpc) is 3.19. The Morgan fingerprint density at radius 3 is 3.24 bits per heavy atom. The zero-order valence-corrected chi connectivity index (χ0v) is 11.9. The molecule has 0 spiro atoms. The van der Waals surface area contributed by atoms with Crippen molar-refractivity contribution in [1.29, 1.82) is 0 Å². The van der Waals surface area contributed by atoms with Gasteiger partial charge in [0, 0.05) is 19.8 Å². The molecular weight excluding hydrogens is 272 g/mol. The van der Waals surface area contributed by atoms with E-state index in [-0.39, 0.29) is 17.8 Å². The zero-order chi connectivity index (χ0) is 14.7. The van der Waals surface area contributed by atoms with Crippen LogP contribution in [-0.2, 0) is 13.5 Å². The molecule has 0 saturated carbocycles. The molecule has 0 radical (unpaired) electrons. The van der Waals surface area contributed by atoms with Crippen molar-refractivity contribution in [2.45, 2.75) is 25.3 Å². The Bertz CT molecular complexity index is 614. The van der Waals surface area contributed by atoms with Crippen LogP contribution in [-0.4, -0.2) is 38.9 Å². The molecule has 21 heavy (non-hydrogen) atoms. The van der Waals surface area contributed by atoms with Gasteiger partial charge in [0.2, 0.25) is 5.89 Å². The molecule has 1 aliphatic rings. The average molecular weight is 290 g/mol. The predicted octanol–water partition coefficient (Wildman–Crippen LogP) is 0.200. The molecule has 8 nitrogen and oxygen atoms in total. The Morgan fingerprint density at radius 2 is 2.52 bits per heavy atom. The van der Waals surface area contributed by atoms with Crippen molar-refractivity contribution < 1.29 is 9.32 Å². The van der Waals surface area contributed by atoms with Crippen molar-refractivity contribution in [1.82, 2.24) is 30.6 Å². The van der Waals surface area contributed by atoms with Gasteiger partial charge in [-0.3, -0.25) is 9.48 Å². The maximum atomic E-state index is 11.9. The van der Waals surface area contributed by atoms with Crippen molar-refractivity contribution in [2.75, 3.05) is 13.1 Å². The van der Waals surface area contributed by atoms with E-state index in [0.717, 1.165) is 24.9 Å². The number of hydrogen-bond acceptors (Lipinski definition) is 6. The number of aromatic nitrogens is 4. The molecule has 2 aromatic heterocycles. The summed E-state index contributed by atoms with van der Waals surface area (Å²) in [5.41, 5.74) is 1.07. The van der Waals surface area contributed by atoms with Crippen LogP contribution in [0.25, 0.3) is 0 Å². The number of rotatable bonds is 5. The number of nitrogens with zero attached hydrogens (tertiary/aromatic N) is 4. The van der Waals surface area contributed by atoms with Gasteiger partial charge in [-0.2, -0.15) is 10.1 Å². The van der Waals surface area contributed by atoms with E-state index in [4.69, 9.17) is 4.52 Å². The van der Waals surface area contributed by atoms with Gasteiger partial charge < -0.3 is 15.2 Å². The molecule has 1 saturated heterocycles. The summed E-state index contributed by atoms with van der Waals surface area (Å²) in [6.45, 7) is 1.45. The molecule has 0 bridgehead atoms. The van der Waals surface area contributed by atoms with Crippen molar-refractivity contribution in [3.63, 3.8) is 0 Å². The zero-order valence-electron chi connectivity index (χ0n) is 11.9. The fourth-order valence-electron chi connectivity index (χ4n) is 2.36. The lowest BCUT2D eigenvalue weighted by molar-refractivity contribution is 0.0941. The highest BCUT2D eigenvalue weighted by atomic mass is 16.5. The van der Waals surface area contributed by atoms with Gasteiger partial charge in [-0.25, -0.2) is 0 Å². The summed E-state index contributed by atoms with van der Waals surface area (Å²) in [4.78, 5) is 16.1. The quantitative estimate of drug-likeness (QED) is 0.816. The van der Waals surface area contributed by atoms with Gasteiger partial charge >= 0.3 is 0 Å². The Labute approximate surface area is 121 Å². The minimum atomic E-state index is -0.313. The van der Waals surface area contributed by atoms with Crippen LogP contribution in [0, 0.1) is 0 Å². The molecule has 8 heteroatoms. The Balaban J connectivity index is 1.50. The minimum Gasteiger partial charge on any atom is -0.349 e. The monoisotopic (exact) mass is 290 g/mol. The normalized spacial score (nSPS) is 18.0. The van der Waals surface area contributed by atoms with Crippen LogP contribution in [0.3, 0.4) is 0 Å². The third kappa shape index (κ3) is 3.27. The van der Waals surface area contributed by atoms with E-state index < -0.39 is 0 Å². The molecule has 1 fully saturated rings. The first kappa shape index (κ1) is 13.7. The van der Waals surface area contributed by atoms with Crippen molar-refractivity contribution in [3.8, 4) is 0 Å². The molecule has 1 aliphatic heterocycles. The lowest BCUT2D eigenvalue weighted by Gasteiger charge is -2.01.